The Hall–Kier alpha value is -2.95. The number of aryl methyl sites for hydroxylation is 1. The molecule has 3 rings (SSSR count). The van der Waals surface area contributed by atoms with Gasteiger partial charge in [-0.1, -0.05) is 59.3 Å². The molecule has 1 amide bonds. The highest BCUT2D eigenvalue weighted by atomic mass is 16.5. The average Bonchev–Trinajstić information content (AvgIpc) is 3.09. The molecule has 3 aromatic rings. The summed E-state index contributed by atoms with van der Waals surface area (Å²) in [6.45, 7) is 4.88. The standard InChI is InChI=1S/C20H21N3O2/c1-3-23(19(24)13-16-9-5-4-6-10-16)14-18-21-20(22-25-18)17-11-7-8-15(2)12-17/h4-12H,3,13-14H2,1-2H3. The predicted octanol–water partition coefficient (Wildman–Crippen LogP) is 3.64. The molecule has 0 radical (unpaired) electrons. The highest BCUT2D eigenvalue weighted by Crippen LogP contribution is 2.17. The number of hydrogen-bond acceptors (Lipinski definition) is 4. The van der Waals surface area contributed by atoms with Gasteiger partial charge in [-0.15, -0.1) is 0 Å². The number of benzene rings is 2. The van der Waals surface area contributed by atoms with Crippen LogP contribution in [0.3, 0.4) is 0 Å². The van der Waals surface area contributed by atoms with Crippen molar-refractivity contribution in [1.29, 1.82) is 0 Å². The molecule has 0 aliphatic carbocycles. The summed E-state index contributed by atoms with van der Waals surface area (Å²) >= 11 is 0. The summed E-state index contributed by atoms with van der Waals surface area (Å²) in [5.74, 6) is 1.04. The van der Waals surface area contributed by atoms with Crippen LogP contribution < -0.4 is 0 Å². The van der Waals surface area contributed by atoms with Crippen molar-refractivity contribution in [2.24, 2.45) is 0 Å². The van der Waals surface area contributed by atoms with Gasteiger partial charge >= 0.3 is 0 Å². The van der Waals surface area contributed by atoms with Crippen molar-refractivity contribution in [2.75, 3.05) is 6.54 Å². The third kappa shape index (κ3) is 4.32. The molecule has 2 aromatic carbocycles. The predicted molar refractivity (Wildman–Crippen MR) is 95.7 cm³/mol. The summed E-state index contributed by atoms with van der Waals surface area (Å²) in [6.07, 6.45) is 0.369. The molecule has 0 saturated carbocycles. The first-order chi connectivity index (χ1) is 12.2. The van der Waals surface area contributed by atoms with Gasteiger partial charge in [-0.3, -0.25) is 4.79 Å². The molecule has 128 valence electrons. The topological polar surface area (TPSA) is 59.2 Å². The lowest BCUT2D eigenvalue weighted by molar-refractivity contribution is -0.131. The second-order valence-corrected chi connectivity index (χ2v) is 5.95. The van der Waals surface area contributed by atoms with Crippen LogP contribution in [0.25, 0.3) is 11.4 Å². The Kier molecular flexibility index (Phi) is 5.23. The normalized spacial score (nSPS) is 10.6. The van der Waals surface area contributed by atoms with E-state index in [1.807, 2.05) is 68.4 Å². The van der Waals surface area contributed by atoms with E-state index in [0.717, 1.165) is 16.7 Å². The minimum absolute atomic E-state index is 0.0454. The number of carbonyl (C=O) groups excluding carboxylic acids is 1. The van der Waals surface area contributed by atoms with Gasteiger partial charge in [0.2, 0.25) is 17.6 Å². The van der Waals surface area contributed by atoms with E-state index in [4.69, 9.17) is 4.52 Å². The summed E-state index contributed by atoms with van der Waals surface area (Å²) in [5.41, 5.74) is 3.04. The molecule has 0 saturated heterocycles. The van der Waals surface area contributed by atoms with Gasteiger partial charge in [0, 0.05) is 12.1 Å². The zero-order chi connectivity index (χ0) is 17.6. The third-order valence-electron chi connectivity index (χ3n) is 4.00. The van der Waals surface area contributed by atoms with Gasteiger partial charge in [0.1, 0.15) is 0 Å². The van der Waals surface area contributed by atoms with E-state index in [2.05, 4.69) is 10.1 Å². The molecule has 0 atom stereocenters. The van der Waals surface area contributed by atoms with Gasteiger partial charge in [-0.25, -0.2) is 0 Å². The summed E-state index contributed by atoms with van der Waals surface area (Å²) in [6, 6.07) is 17.6. The van der Waals surface area contributed by atoms with E-state index in [0.29, 0.717) is 31.2 Å². The zero-order valence-electron chi connectivity index (χ0n) is 14.5. The zero-order valence-corrected chi connectivity index (χ0v) is 14.5. The fourth-order valence-electron chi connectivity index (χ4n) is 2.64. The Morgan fingerprint density at radius 1 is 1.12 bits per heavy atom. The number of hydrogen-bond donors (Lipinski definition) is 0. The van der Waals surface area contributed by atoms with Gasteiger partial charge in [-0.05, 0) is 25.5 Å². The first-order valence-corrected chi connectivity index (χ1v) is 8.37. The number of aromatic nitrogens is 2. The molecule has 5 heteroatoms. The van der Waals surface area contributed by atoms with Crippen LogP contribution in [-0.2, 0) is 17.8 Å². The maximum absolute atomic E-state index is 12.5. The molecule has 0 aliphatic heterocycles. The minimum Gasteiger partial charge on any atom is -0.337 e. The second kappa shape index (κ2) is 7.75. The van der Waals surface area contributed by atoms with Gasteiger partial charge in [0.25, 0.3) is 0 Å². The quantitative estimate of drug-likeness (QED) is 0.690. The summed E-state index contributed by atoms with van der Waals surface area (Å²) in [5, 5.41) is 4.03. The molecule has 0 unspecified atom stereocenters. The third-order valence-corrected chi connectivity index (χ3v) is 4.00. The molecule has 0 aliphatic rings. The lowest BCUT2D eigenvalue weighted by Gasteiger charge is -2.18. The lowest BCUT2D eigenvalue weighted by Crippen LogP contribution is -2.31. The van der Waals surface area contributed by atoms with Gasteiger partial charge in [-0.2, -0.15) is 4.98 Å². The molecule has 0 fully saturated rings. The SMILES string of the molecule is CCN(Cc1nc(-c2cccc(C)c2)no1)C(=O)Cc1ccccc1. The average molecular weight is 335 g/mol. The van der Waals surface area contributed by atoms with Gasteiger partial charge < -0.3 is 9.42 Å². The highest BCUT2D eigenvalue weighted by Gasteiger charge is 2.17. The Labute approximate surface area is 147 Å². The lowest BCUT2D eigenvalue weighted by atomic mass is 10.1. The molecule has 5 nitrogen and oxygen atoms in total. The molecule has 25 heavy (non-hydrogen) atoms. The maximum atomic E-state index is 12.5. The summed E-state index contributed by atoms with van der Waals surface area (Å²) in [7, 11) is 0. The highest BCUT2D eigenvalue weighted by molar-refractivity contribution is 5.78. The van der Waals surface area contributed by atoms with Gasteiger partial charge in [0.15, 0.2) is 0 Å². The van der Waals surface area contributed by atoms with Crippen molar-refractivity contribution in [3.05, 3.63) is 71.6 Å². The van der Waals surface area contributed by atoms with Crippen LogP contribution in [0.1, 0.15) is 23.9 Å². The minimum atomic E-state index is 0.0454. The van der Waals surface area contributed by atoms with E-state index in [1.165, 1.54) is 0 Å². The number of amides is 1. The van der Waals surface area contributed by atoms with Crippen molar-refractivity contribution in [3.8, 4) is 11.4 Å². The fraction of sp³-hybridized carbons (Fsp3) is 0.250. The molecule has 1 heterocycles. The molecular formula is C20H21N3O2. The monoisotopic (exact) mass is 335 g/mol. The summed E-state index contributed by atoms with van der Waals surface area (Å²) < 4.78 is 5.34. The van der Waals surface area contributed by atoms with Crippen molar-refractivity contribution in [2.45, 2.75) is 26.8 Å². The van der Waals surface area contributed by atoms with E-state index in [-0.39, 0.29) is 5.91 Å². The Morgan fingerprint density at radius 3 is 2.64 bits per heavy atom. The Balaban J connectivity index is 1.69. The Bertz CT molecular complexity index is 843. The molecule has 0 bridgehead atoms. The van der Waals surface area contributed by atoms with Gasteiger partial charge in [0.05, 0.1) is 13.0 Å². The molecule has 1 aromatic heterocycles. The van der Waals surface area contributed by atoms with Crippen LogP contribution in [0.5, 0.6) is 0 Å². The molecule has 0 N–H and O–H groups in total. The number of carbonyl (C=O) groups is 1. The number of nitrogens with zero attached hydrogens (tertiary/aromatic N) is 3. The van der Waals surface area contributed by atoms with Crippen LogP contribution in [0, 0.1) is 6.92 Å². The van der Waals surface area contributed by atoms with E-state index in [1.54, 1.807) is 4.90 Å². The van der Waals surface area contributed by atoms with Crippen LogP contribution in [0.15, 0.2) is 59.1 Å². The number of likely N-dealkylation sites (N-methyl/N-ethyl adjacent to an activating group) is 1. The van der Waals surface area contributed by atoms with Crippen molar-refractivity contribution in [3.63, 3.8) is 0 Å². The summed E-state index contributed by atoms with van der Waals surface area (Å²) in [4.78, 5) is 18.7. The smallest absolute Gasteiger partial charge is 0.246 e. The van der Waals surface area contributed by atoms with Crippen LogP contribution in [-0.4, -0.2) is 27.5 Å². The van der Waals surface area contributed by atoms with Crippen LogP contribution in [0.2, 0.25) is 0 Å². The number of rotatable bonds is 6. The second-order valence-electron chi connectivity index (χ2n) is 5.95. The van der Waals surface area contributed by atoms with Crippen molar-refractivity contribution < 1.29 is 9.32 Å². The first-order valence-electron chi connectivity index (χ1n) is 8.37. The van der Waals surface area contributed by atoms with Crippen LogP contribution in [0.4, 0.5) is 0 Å². The van der Waals surface area contributed by atoms with Crippen LogP contribution >= 0.6 is 0 Å². The van der Waals surface area contributed by atoms with E-state index in [9.17, 15) is 4.79 Å². The largest absolute Gasteiger partial charge is 0.337 e. The van der Waals surface area contributed by atoms with E-state index < -0.39 is 0 Å². The first kappa shape index (κ1) is 16.9. The van der Waals surface area contributed by atoms with E-state index >= 15 is 0 Å². The van der Waals surface area contributed by atoms with Crippen molar-refractivity contribution >= 4 is 5.91 Å². The fourth-order valence-corrected chi connectivity index (χ4v) is 2.64. The Morgan fingerprint density at radius 2 is 1.92 bits per heavy atom. The van der Waals surface area contributed by atoms with Crippen molar-refractivity contribution in [1.82, 2.24) is 15.0 Å². The molecular weight excluding hydrogens is 314 g/mol. The maximum Gasteiger partial charge on any atom is 0.246 e. The molecule has 0 spiro atoms.